The number of hydrogen-bond acceptors (Lipinski definition) is 7. The summed E-state index contributed by atoms with van der Waals surface area (Å²) in [5.41, 5.74) is 0.480. The zero-order valence-corrected chi connectivity index (χ0v) is 16.6. The van der Waals surface area contributed by atoms with Crippen LogP contribution < -0.4 is 14.2 Å². The van der Waals surface area contributed by atoms with Crippen LogP contribution in [0.3, 0.4) is 0 Å². The Morgan fingerprint density at radius 3 is 2.29 bits per heavy atom. The largest absolute Gasteiger partial charge is 0.493 e. The second-order valence-corrected chi connectivity index (χ2v) is 6.67. The molecule has 7 nitrogen and oxygen atoms in total. The Labute approximate surface area is 164 Å². The third-order valence-corrected chi connectivity index (χ3v) is 4.79. The molecular formula is C21H26N2O5. The Morgan fingerprint density at radius 1 is 1.18 bits per heavy atom. The van der Waals surface area contributed by atoms with Gasteiger partial charge in [-0.1, -0.05) is 13.0 Å². The fourth-order valence-corrected chi connectivity index (χ4v) is 3.16. The molecule has 1 aromatic carbocycles. The molecule has 0 saturated heterocycles. The monoisotopic (exact) mass is 386 g/mol. The first-order valence-electron chi connectivity index (χ1n) is 8.83. The SMILES string of the molecule is COc1cc(C(=O)C(=N)CC(C)(CCO)c2cccnc2)cc(OC)c1OC. The predicted octanol–water partition coefficient (Wildman–Crippen LogP) is 3.04. The lowest BCUT2D eigenvalue weighted by Gasteiger charge is -2.29. The van der Waals surface area contributed by atoms with E-state index in [2.05, 4.69) is 4.98 Å². The Balaban J connectivity index is 2.34. The Kier molecular flexibility index (Phi) is 7.12. The lowest BCUT2D eigenvalue weighted by Crippen LogP contribution is -2.30. The third kappa shape index (κ3) is 4.48. The number of aromatic nitrogens is 1. The first-order chi connectivity index (χ1) is 13.4. The summed E-state index contributed by atoms with van der Waals surface area (Å²) in [5, 5.41) is 17.9. The van der Waals surface area contributed by atoms with Gasteiger partial charge in [0.2, 0.25) is 11.5 Å². The zero-order chi connectivity index (χ0) is 20.7. The minimum atomic E-state index is -0.587. The molecule has 2 aromatic rings. The highest BCUT2D eigenvalue weighted by molar-refractivity contribution is 6.45. The van der Waals surface area contributed by atoms with E-state index >= 15 is 0 Å². The maximum absolute atomic E-state index is 12.9. The molecule has 7 heteroatoms. The van der Waals surface area contributed by atoms with Gasteiger partial charge in [-0.25, -0.2) is 0 Å². The highest BCUT2D eigenvalue weighted by Crippen LogP contribution is 2.39. The molecule has 1 heterocycles. The number of rotatable bonds is 10. The van der Waals surface area contributed by atoms with Gasteiger partial charge in [-0.2, -0.15) is 0 Å². The van der Waals surface area contributed by atoms with Crippen molar-refractivity contribution in [2.24, 2.45) is 0 Å². The molecule has 2 N–H and O–H groups in total. The highest BCUT2D eigenvalue weighted by Gasteiger charge is 2.31. The average molecular weight is 386 g/mol. The lowest BCUT2D eigenvalue weighted by atomic mass is 9.75. The molecule has 0 fully saturated rings. The number of Topliss-reactive ketones (excluding diaryl/α,β-unsaturated/α-hetero) is 1. The van der Waals surface area contributed by atoms with E-state index in [1.54, 1.807) is 18.5 Å². The molecule has 0 radical (unpaired) electrons. The number of aliphatic hydroxyl groups is 1. The van der Waals surface area contributed by atoms with Crippen molar-refractivity contribution >= 4 is 11.5 Å². The van der Waals surface area contributed by atoms with E-state index in [4.69, 9.17) is 19.6 Å². The number of ketones is 1. The van der Waals surface area contributed by atoms with Gasteiger partial charge in [0, 0.05) is 36.4 Å². The molecule has 0 amide bonds. The summed E-state index contributed by atoms with van der Waals surface area (Å²) in [7, 11) is 4.42. The second kappa shape index (κ2) is 9.32. The van der Waals surface area contributed by atoms with Gasteiger partial charge in [0.15, 0.2) is 11.5 Å². The number of benzene rings is 1. The number of pyridine rings is 1. The molecule has 2 rings (SSSR count). The van der Waals surface area contributed by atoms with E-state index in [0.29, 0.717) is 23.7 Å². The molecule has 1 aromatic heterocycles. The minimum Gasteiger partial charge on any atom is -0.493 e. The summed E-state index contributed by atoms with van der Waals surface area (Å²) >= 11 is 0. The number of ether oxygens (including phenoxy) is 3. The molecule has 0 aliphatic rings. The summed E-state index contributed by atoms with van der Waals surface area (Å²) in [6.07, 6.45) is 3.93. The van der Waals surface area contributed by atoms with Crippen molar-refractivity contribution in [2.45, 2.75) is 25.2 Å². The summed E-state index contributed by atoms with van der Waals surface area (Å²) < 4.78 is 15.9. The molecule has 0 spiro atoms. The van der Waals surface area contributed by atoms with Crippen LogP contribution in [0.25, 0.3) is 0 Å². The fourth-order valence-electron chi connectivity index (χ4n) is 3.16. The van der Waals surface area contributed by atoms with Gasteiger partial charge in [-0.3, -0.25) is 9.78 Å². The molecule has 1 atom stereocenters. The van der Waals surface area contributed by atoms with Crippen LogP contribution in [0, 0.1) is 5.41 Å². The van der Waals surface area contributed by atoms with Crippen LogP contribution in [0.15, 0.2) is 36.7 Å². The van der Waals surface area contributed by atoms with Crippen molar-refractivity contribution in [1.82, 2.24) is 4.98 Å². The van der Waals surface area contributed by atoms with Gasteiger partial charge in [0.25, 0.3) is 0 Å². The maximum Gasteiger partial charge on any atom is 0.206 e. The molecule has 0 aliphatic heterocycles. The molecule has 0 saturated carbocycles. The molecule has 28 heavy (non-hydrogen) atoms. The number of nitrogens with one attached hydrogen (secondary N) is 1. The van der Waals surface area contributed by atoms with Gasteiger partial charge < -0.3 is 24.7 Å². The van der Waals surface area contributed by atoms with E-state index in [1.807, 2.05) is 13.0 Å². The van der Waals surface area contributed by atoms with Gasteiger partial charge in [-0.15, -0.1) is 0 Å². The van der Waals surface area contributed by atoms with Crippen molar-refractivity contribution in [3.63, 3.8) is 0 Å². The number of carbonyl (C=O) groups excluding carboxylic acids is 1. The lowest BCUT2D eigenvalue weighted by molar-refractivity contribution is 0.105. The number of nitrogens with zero attached hydrogens (tertiary/aromatic N) is 1. The molecule has 150 valence electrons. The smallest absolute Gasteiger partial charge is 0.206 e. The van der Waals surface area contributed by atoms with Gasteiger partial charge in [0.05, 0.1) is 27.0 Å². The summed E-state index contributed by atoms with van der Waals surface area (Å²) in [4.78, 5) is 17.1. The van der Waals surface area contributed by atoms with Crippen LogP contribution in [0.5, 0.6) is 17.2 Å². The van der Waals surface area contributed by atoms with Crippen molar-refractivity contribution in [2.75, 3.05) is 27.9 Å². The van der Waals surface area contributed by atoms with Gasteiger partial charge in [0.1, 0.15) is 0 Å². The van der Waals surface area contributed by atoms with Crippen LogP contribution in [0.1, 0.15) is 35.7 Å². The second-order valence-electron chi connectivity index (χ2n) is 6.67. The van der Waals surface area contributed by atoms with E-state index in [9.17, 15) is 9.90 Å². The van der Waals surface area contributed by atoms with Gasteiger partial charge in [-0.05, 0) is 30.2 Å². The van der Waals surface area contributed by atoms with Crippen LogP contribution in [0.4, 0.5) is 0 Å². The van der Waals surface area contributed by atoms with Crippen molar-refractivity contribution < 1.29 is 24.1 Å². The summed E-state index contributed by atoms with van der Waals surface area (Å²) in [5.74, 6) is 0.646. The Hall–Kier alpha value is -2.93. The number of aliphatic hydroxyl groups excluding tert-OH is 1. The minimum absolute atomic E-state index is 0.0585. The molecule has 1 unspecified atom stereocenters. The Bertz CT molecular complexity index is 813. The van der Waals surface area contributed by atoms with E-state index in [1.165, 1.54) is 33.5 Å². The van der Waals surface area contributed by atoms with Crippen molar-refractivity contribution in [1.29, 1.82) is 5.41 Å². The third-order valence-electron chi connectivity index (χ3n) is 4.79. The van der Waals surface area contributed by atoms with E-state index < -0.39 is 11.2 Å². The zero-order valence-electron chi connectivity index (χ0n) is 16.6. The first kappa shape index (κ1) is 21.4. The van der Waals surface area contributed by atoms with Gasteiger partial charge >= 0.3 is 0 Å². The molecular weight excluding hydrogens is 360 g/mol. The molecule has 0 aliphatic carbocycles. The Morgan fingerprint density at radius 2 is 1.82 bits per heavy atom. The van der Waals surface area contributed by atoms with Crippen LogP contribution in [-0.4, -0.2) is 49.5 Å². The quantitative estimate of drug-likeness (QED) is 0.481. The van der Waals surface area contributed by atoms with E-state index in [-0.39, 0.29) is 24.3 Å². The van der Waals surface area contributed by atoms with Crippen LogP contribution in [0.2, 0.25) is 0 Å². The number of carbonyl (C=O) groups is 1. The predicted molar refractivity (Wildman–Crippen MR) is 106 cm³/mol. The fraction of sp³-hybridized carbons (Fsp3) is 0.381. The number of methoxy groups -OCH3 is 3. The highest BCUT2D eigenvalue weighted by atomic mass is 16.5. The van der Waals surface area contributed by atoms with Crippen molar-refractivity contribution in [3.8, 4) is 17.2 Å². The first-order valence-corrected chi connectivity index (χ1v) is 8.83. The maximum atomic E-state index is 12.9. The normalized spacial score (nSPS) is 12.8. The van der Waals surface area contributed by atoms with Crippen molar-refractivity contribution in [3.05, 3.63) is 47.8 Å². The van der Waals surface area contributed by atoms with Crippen LogP contribution in [-0.2, 0) is 5.41 Å². The standard InChI is InChI=1S/C21H26N2O5/c1-21(7-9-24,15-6-5-8-23-13-15)12-16(22)19(25)14-10-17(26-2)20(28-4)18(11-14)27-3/h5-6,8,10-11,13,22,24H,7,9,12H2,1-4H3. The summed E-state index contributed by atoms with van der Waals surface area (Å²) in [6.45, 7) is 1.86. The average Bonchev–Trinajstić information content (AvgIpc) is 2.72. The summed E-state index contributed by atoms with van der Waals surface area (Å²) in [6, 6.07) is 6.76. The molecule has 0 bridgehead atoms. The topological polar surface area (TPSA) is 102 Å². The van der Waals surface area contributed by atoms with E-state index in [0.717, 1.165) is 5.56 Å². The number of hydrogen-bond donors (Lipinski definition) is 2. The van der Waals surface area contributed by atoms with Crippen LogP contribution >= 0.6 is 0 Å².